The Balaban J connectivity index is 0.00000144. The quantitative estimate of drug-likeness (QED) is 0.879. The molecule has 2 N–H and O–H groups in total. The number of benzene rings is 1. The normalized spacial score (nSPS) is 17.4. The number of phenolic OH excluding ortho intramolecular Hbond substituents is 1. The van der Waals surface area contributed by atoms with Gasteiger partial charge in [-0.2, -0.15) is 0 Å². The Morgan fingerprint density at radius 3 is 2.50 bits per heavy atom. The summed E-state index contributed by atoms with van der Waals surface area (Å²) in [6.07, 6.45) is 0. The minimum Gasteiger partial charge on any atom is -0.505 e. The van der Waals surface area contributed by atoms with Gasteiger partial charge in [-0.3, -0.25) is 4.90 Å². The fraction of sp³-hybridized carbons (Fsp3) is 0.500. The van der Waals surface area contributed by atoms with Gasteiger partial charge in [0.25, 0.3) is 0 Å². The van der Waals surface area contributed by atoms with Gasteiger partial charge in [-0.05, 0) is 13.0 Å². The molecule has 6 heteroatoms. The summed E-state index contributed by atoms with van der Waals surface area (Å²) in [6, 6.07) is 4.76. The van der Waals surface area contributed by atoms with Crippen molar-refractivity contribution in [3.63, 3.8) is 0 Å². The molecule has 1 aliphatic heterocycles. The third-order valence-electron chi connectivity index (χ3n) is 3.17. The second kappa shape index (κ2) is 7.79. The van der Waals surface area contributed by atoms with Gasteiger partial charge in [-0.1, -0.05) is 12.1 Å². The fourth-order valence-corrected chi connectivity index (χ4v) is 2.14. The molecule has 0 aromatic heterocycles. The Morgan fingerprint density at radius 2 is 1.89 bits per heavy atom. The van der Waals surface area contributed by atoms with Gasteiger partial charge in [0.05, 0.1) is 0 Å². The van der Waals surface area contributed by atoms with Crippen LogP contribution in [-0.4, -0.2) is 36.2 Å². The average molecular weight is 297 g/mol. The van der Waals surface area contributed by atoms with Gasteiger partial charge in [0.15, 0.2) is 11.6 Å². The standard InChI is InChI=1S/C12H17FN2O.2ClH/c1-9(15-7-5-14-6-8-15)10-3-2-4-11(13)12(10)16;;/h2-4,9,14,16H,5-8H2,1H3;2*1H/t9-;;/m1../s1. The first-order valence-electron chi connectivity index (χ1n) is 5.62. The first kappa shape index (κ1) is 17.4. The maximum Gasteiger partial charge on any atom is 0.165 e. The van der Waals surface area contributed by atoms with E-state index in [1.807, 2.05) is 6.92 Å². The van der Waals surface area contributed by atoms with E-state index in [2.05, 4.69) is 10.2 Å². The van der Waals surface area contributed by atoms with Crippen LogP contribution < -0.4 is 5.32 Å². The highest BCUT2D eigenvalue weighted by molar-refractivity contribution is 5.85. The van der Waals surface area contributed by atoms with Crippen LogP contribution in [-0.2, 0) is 0 Å². The van der Waals surface area contributed by atoms with Crippen LogP contribution in [0.2, 0.25) is 0 Å². The van der Waals surface area contributed by atoms with E-state index in [9.17, 15) is 9.50 Å². The van der Waals surface area contributed by atoms with Crippen LogP contribution in [0.15, 0.2) is 18.2 Å². The number of para-hydroxylation sites is 1. The lowest BCUT2D eigenvalue weighted by atomic mass is 10.0. The van der Waals surface area contributed by atoms with Crippen molar-refractivity contribution in [3.8, 4) is 5.75 Å². The smallest absolute Gasteiger partial charge is 0.165 e. The summed E-state index contributed by atoms with van der Waals surface area (Å²) in [5, 5.41) is 13.0. The third kappa shape index (κ3) is 3.72. The van der Waals surface area contributed by atoms with Gasteiger partial charge in [0.2, 0.25) is 0 Å². The second-order valence-electron chi connectivity index (χ2n) is 4.14. The summed E-state index contributed by atoms with van der Waals surface area (Å²) >= 11 is 0. The molecule has 1 saturated heterocycles. The molecule has 0 saturated carbocycles. The van der Waals surface area contributed by atoms with Crippen LogP contribution in [0.4, 0.5) is 4.39 Å². The van der Waals surface area contributed by atoms with Gasteiger partial charge < -0.3 is 10.4 Å². The largest absolute Gasteiger partial charge is 0.505 e. The number of piperazine rings is 1. The van der Waals surface area contributed by atoms with Gasteiger partial charge in [-0.25, -0.2) is 4.39 Å². The van der Waals surface area contributed by atoms with Crippen LogP contribution in [0.1, 0.15) is 18.5 Å². The van der Waals surface area contributed by atoms with E-state index in [-0.39, 0.29) is 36.6 Å². The number of aromatic hydroxyl groups is 1. The van der Waals surface area contributed by atoms with Gasteiger partial charge >= 0.3 is 0 Å². The molecule has 1 fully saturated rings. The topological polar surface area (TPSA) is 35.5 Å². The van der Waals surface area contributed by atoms with Crippen molar-refractivity contribution < 1.29 is 9.50 Å². The Morgan fingerprint density at radius 1 is 1.28 bits per heavy atom. The van der Waals surface area contributed by atoms with E-state index in [4.69, 9.17) is 0 Å². The number of halogens is 3. The third-order valence-corrected chi connectivity index (χ3v) is 3.17. The van der Waals surface area contributed by atoms with Crippen molar-refractivity contribution in [3.05, 3.63) is 29.6 Å². The van der Waals surface area contributed by atoms with E-state index >= 15 is 0 Å². The minimum absolute atomic E-state index is 0. The summed E-state index contributed by atoms with van der Waals surface area (Å²) < 4.78 is 13.2. The molecular formula is C12H19Cl2FN2O. The second-order valence-corrected chi connectivity index (χ2v) is 4.14. The predicted molar refractivity (Wildman–Crippen MR) is 75.4 cm³/mol. The average Bonchev–Trinajstić information content (AvgIpc) is 2.33. The van der Waals surface area contributed by atoms with Crippen molar-refractivity contribution in [1.29, 1.82) is 0 Å². The Bertz CT molecular complexity index is 373. The SMILES string of the molecule is C[C@H](c1cccc(F)c1O)N1CCNCC1.Cl.Cl. The maximum absolute atomic E-state index is 13.2. The zero-order chi connectivity index (χ0) is 11.5. The molecule has 0 unspecified atom stereocenters. The summed E-state index contributed by atoms with van der Waals surface area (Å²) in [5.74, 6) is -0.756. The van der Waals surface area contributed by atoms with E-state index in [0.717, 1.165) is 26.2 Å². The zero-order valence-corrected chi connectivity index (χ0v) is 11.9. The molecule has 0 amide bonds. The number of hydrogen-bond donors (Lipinski definition) is 2. The first-order chi connectivity index (χ1) is 7.70. The molecule has 1 atom stereocenters. The van der Waals surface area contributed by atoms with Crippen molar-refractivity contribution in [2.24, 2.45) is 0 Å². The van der Waals surface area contributed by atoms with Crippen LogP contribution in [0, 0.1) is 5.82 Å². The molecule has 0 aliphatic carbocycles. The lowest BCUT2D eigenvalue weighted by Crippen LogP contribution is -2.44. The van der Waals surface area contributed by atoms with Crippen LogP contribution in [0.3, 0.4) is 0 Å². The monoisotopic (exact) mass is 296 g/mol. The molecule has 2 rings (SSSR count). The maximum atomic E-state index is 13.2. The van der Waals surface area contributed by atoms with E-state index < -0.39 is 5.82 Å². The predicted octanol–water partition coefficient (Wildman–Crippen LogP) is 2.34. The van der Waals surface area contributed by atoms with E-state index in [1.165, 1.54) is 6.07 Å². The molecule has 1 heterocycles. The Labute approximate surface area is 119 Å². The molecule has 1 aromatic rings. The lowest BCUT2D eigenvalue weighted by molar-refractivity contribution is 0.182. The van der Waals surface area contributed by atoms with Crippen molar-refractivity contribution in [2.75, 3.05) is 26.2 Å². The highest BCUT2D eigenvalue weighted by atomic mass is 35.5. The molecule has 0 spiro atoms. The van der Waals surface area contributed by atoms with Crippen molar-refractivity contribution >= 4 is 24.8 Å². The number of phenols is 1. The van der Waals surface area contributed by atoms with Gasteiger partial charge in [0.1, 0.15) is 0 Å². The molecule has 0 radical (unpaired) electrons. The van der Waals surface area contributed by atoms with Crippen molar-refractivity contribution in [1.82, 2.24) is 10.2 Å². The lowest BCUT2D eigenvalue weighted by Gasteiger charge is -2.33. The highest BCUT2D eigenvalue weighted by Crippen LogP contribution is 2.30. The summed E-state index contributed by atoms with van der Waals surface area (Å²) in [6.45, 7) is 5.74. The van der Waals surface area contributed by atoms with Crippen LogP contribution >= 0.6 is 24.8 Å². The molecule has 104 valence electrons. The number of nitrogens with one attached hydrogen (secondary N) is 1. The van der Waals surface area contributed by atoms with E-state index in [1.54, 1.807) is 12.1 Å². The Hall–Kier alpha value is -0.550. The van der Waals surface area contributed by atoms with Gasteiger partial charge in [-0.15, -0.1) is 24.8 Å². The minimum atomic E-state index is -0.542. The highest BCUT2D eigenvalue weighted by Gasteiger charge is 2.21. The molecular weight excluding hydrogens is 278 g/mol. The summed E-state index contributed by atoms with van der Waals surface area (Å²) in [4.78, 5) is 2.24. The van der Waals surface area contributed by atoms with Crippen molar-refractivity contribution in [2.45, 2.75) is 13.0 Å². The fourth-order valence-electron chi connectivity index (χ4n) is 2.14. The summed E-state index contributed by atoms with van der Waals surface area (Å²) in [7, 11) is 0. The molecule has 3 nitrogen and oxygen atoms in total. The molecule has 1 aliphatic rings. The Kier molecular flexibility index (Phi) is 7.55. The molecule has 1 aromatic carbocycles. The zero-order valence-electron chi connectivity index (χ0n) is 10.2. The van der Waals surface area contributed by atoms with Gasteiger partial charge in [0, 0.05) is 37.8 Å². The first-order valence-corrected chi connectivity index (χ1v) is 5.62. The number of rotatable bonds is 2. The van der Waals surface area contributed by atoms with E-state index in [0.29, 0.717) is 5.56 Å². The van der Waals surface area contributed by atoms with Crippen LogP contribution in [0.5, 0.6) is 5.75 Å². The number of nitrogens with zero attached hydrogens (tertiary/aromatic N) is 1. The molecule has 18 heavy (non-hydrogen) atoms. The van der Waals surface area contributed by atoms with Crippen LogP contribution in [0.25, 0.3) is 0 Å². The number of hydrogen-bond acceptors (Lipinski definition) is 3. The summed E-state index contributed by atoms with van der Waals surface area (Å²) in [5.41, 5.74) is 0.668. The molecule has 0 bridgehead atoms.